The molecule has 0 saturated heterocycles. The van der Waals surface area contributed by atoms with Crippen LogP contribution >= 0.6 is 0 Å². The molecule has 0 bridgehead atoms. The lowest BCUT2D eigenvalue weighted by Crippen LogP contribution is -2.25. The van der Waals surface area contributed by atoms with Gasteiger partial charge in [-0.05, 0) is 26.8 Å². The van der Waals surface area contributed by atoms with Crippen molar-refractivity contribution in [2.24, 2.45) is 0 Å². The Kier molecular flexibility index (Phi) is 4.31. The predicted octanol–water partition coefficient (Wildman–Crippen LogP) is 2.87. The van der Waals surface area contributed by atoms with Gasteiger partial charge in [-0.2, -0.15) is 0 Å². The summed E-state index contributed by atoms with van der Waals surface area (Å²) >= 11 is 0. The highest BCUT2D eigenvalue weighted by molar-refractivity contribution is 5.64. The smallest absolute Gasteiger partial charge is 0.273 e. The summed E-state index contributed by atoms with van der Waals surface area (Å²) < 4.78 is 0. The van der Waals surface area contributed by atoms with E-state index in [-0.39, 0.29) is 10.6 Å². The van der Waals surface area contributed by atoms with Gasteiger partial charge in [0, 0.05) is 43.1 Å². The molecule has 0 atom stereocenters. The molecule has 94 valence electrons. The lowest BCUT2D eigenvalue weighted by Gasteiger charge is -2.24. The van der Waals surface area contributed by atoms with Crippen LogP contribution in [0.25, 0.3) is 0 Å². The number of rotatable bonds is 5. The van der Waals surface area contributed by atoms with Gasteiger partial charge >= 0.3 is 0 Å². The minimum absolute atomic E-state index is 0.117. The van der Waals surface area contributed by atoms with Crippen molar-refractivity contribution in [1.82, 2.24) is 0 Å². The SMILES string of the molecule is CCNc1cc(N(C)C(C)C)cc([N+](=O)[O-])c1. The van der Waals surface area contributed by atoms with E-state index in [9.17, 15) is 10.1 Å². The number of nitro benzene ring substituents is 1. The van der Waals surface area contributed by atoms with E-state index in [1.807, 2.05) is 38.8 Å². The Bertz CT molecular complexity index is 405. The quantitative estimate of drug-likeness (QED) is 0.632. The Morgan fingerprint density at radius 2 is 2.06 bits per heavy atom. The molecule has 0 spiro atoms. The number of anilines is 2. The van der Waals surface area contributed by atoms with Gasteiger partial charge in [0.2, 0.25) is 0 Å². The van der Waals surface area contributed by atoms with E-state index in [1.54, 1.807) is 12.1 Å². The van der Waals surface area contributed by atoms with Crippen molar-refractivity contribution in [3.8, 4) is 0 Å². The molecule has 0 fully saturated rings. The topological polar surface area (TPSA) is 58.4 Å². The monoisotopic (exact) mass is 237 g/mol. The summed E-state index contributed by atoms with van der Waals surface area (Å²) in [6.45, 7) is 6.80. The van der Waals surface area contributed by atoms with Gasteiger partial charge in [-0.25, -0.2) is 0 Å². The first-order chi connectivity index (χ1) is 7.95. The average Bonchev–Trinajstić information content (AvgIpc) is 2.27. The number of nitrogens with one attached hydrogen (secondary N) is 1. The van der Waals surface area contributed by atoms with E-state index < -0.39 is 0 Å². The molecule has 17 heavy (non-hydrogen) atoms. The number of benzene rings is 1. The summed E-state index contributed by atoms with van der Waals surface area (Å²) in [5, 5.41) is 14.0. The van der Waals surface area contributed by atoms with Crippen LogP contribution in [0.2, 0.25) is 0 Å². The van der Waals surface area contributed by atoms with Crippen LogP contribution in [0.1, 0.15) is 20.8 Å². The molecule has 0 aliphatic heterocycles. The van der Waals surface area contributed by atoms with Crippen molar-refractivity contribution in [3.05, 3.63) is 28.3 Å². The number of nitrogens with zero attached hydrogens (tertiary/aromatic N) is 2. The molecule has 1 N–H and O–H groups in total. The van der Waals surface area contributed by atoms with Crippen LogP contribution in [0.15, 0.2) is 18.2 Å². The molecule has 0 aliphatic carbocycles. The molecule has 0 saturated carbocycles. The Hall–Kier alpha value is -1.78. The van der Waals surface area contributed by atoms with Gasteiger partial charge in [-0.3, -0.25) is 10.1 Å². The summed E-state index contributed by atoms with van der Waals surface area (Å²) in [4.78, 5) is 12.5. The van der Waals surface area contributed by atoms with Crippen molar-refractivity contribution in [1.29, 1.82) is 0 Å². The molecular weight excluding hydrogens is 218 g/mol. The van der Waals surface area contributed by atoms with Gasteiger partial charge in [0.1, 0.15) is 0 Å². The molecular formula is C12H19N3O2. The zero-order valence-corrected chi connectivity index (χ0v) is 10.7. The van der Waals surface area contributed by atoms with Crippen LogP contribution in [-0.4, -0.2) is 24.6 Å². The Labute approximate surface area is 102 Å². The summed E-state index contributed by atoms with van der Waals surface area (Å²) in [6.07, 6.45) is 0. The molecule has 0 radical (unpaired) electrons. The minimum atomic E-state index is -0.363. The van der Waals surface area contributed by atoms with E-state index in [0.717, 1.165) is 17.9 Å². The van der Waals surface area contributed by atoms with E-state index >= 15 is 0 Å². The maximum Gasteiger partial charge on any atom is 0.273 e. The minimum Gasteiger partial charge on any atom is -0.385 e. The van der Waals surface area contributed by atoms with Gasteiger partial charge in [-0.1, -0.05) is 0 Å². The van der Waals surface area contributed by atoms with Crippen molar-refractivity contribution in [2.45, 2.75) is 26.8 Å². The van der Waals surface area contributed by atoms with Crippen molar-refractivity contribution < 1.29 is 4.92 Å². The molecule has 5 nitrogen and oxygen atoms in total. The summed E-state index contributed by atoms with van der Waals surface area (Å²) in [5.41, 5.74) is 1.75. The predicted molar refractivity (Wildman–Crippen MR) is 70.8 cm³/mol. The highest BCUT2D eigenvalue weighted by Crippen LogP contribution is 2.27. The molecule has 1 aromatic carbocycles. The fourth-order valence-electron chi connectivity index (χ4n) is 1.51. The standard InChI is InChI=1S/C12H19N3O2/c1-5-13-10-6-11(14(4)9(2)3)8-12(7-10)15(16)17/h6-9,13H,5H2,1-4H3. The first-order valence-electron chi connectivity index (χ1n) is 5.72. The fourth-order valence-corrected chi connectivity index (χ4v) is 1.51. The van der Waals surface area contributed by atoms with Gasteiger partial charge in [0.25, 0.3) is 5.69 Å². The van der Waals surface area contributed by atoms with E-state index in [2.05, 4.69) is 5.32 Å². The third-order valence-corrected chi connectivity index (χ3v) is 2.68. The van der Waals surface area contributed by atoms with Crippen LogP contribution in [0.3, 0.4) is 0 Å². The molecule has 1 aromatic rings. The largest absolute Gasteiger partial charge is 0.385 e. The third kappa shape index (κ3) is 3.34. The van der Waals surface area contributed by atoms with Crippen LogP contribution in [0.5, 0.6) is 0 Å². The maximum atomic E-state index is 10.9. The lowest BCUT2D eigenvalue weighted by atomic mass is 10.2. The lowest BCUT2D eigenvalue weighted by molar-refractivity contribution is -0.384. The Morgan fingerprint density at radius 3 is 2.53 bits per heavy atom. The van der Waals surface area contributed by atoms with Crippen molar-refractivity contribution >= 4 is 17.1 Å². The summed E-state index contributed by atoms with van der Waals surface area (Å²) in [5.74, 6) is 0. The molecule has 0 aromatic heterocycles. The number of hydrogen-bond donors (Lipinski definition) is 1. The molecule has 0 amide bonds. The number of non-ortho nitro benzene ring substituents is 1. The van der Waals surface area contributed by atoms with Crippen molar-refractivity contribution in [2.75, 3.05) is 23.8 Å². The average molecular weight is 237 g/mol. The molecule has 5 heteroatoms. The van der Waals surface area contributed by atoms with Crippen molar-refractivity contribution in [3.63, 3.8) is 0 Å². The van der Waals surface area contributed by atoms with Gasteiger partial charge < -0.3 is 10.2 Å². The van der Waals surface area contributed by atoms with Crippen LogP contribution in [-0.2, 0) is 0 Å². The molecule has 1 rings (SSSR count). The second-order valence-corrected chi connectivity index (χ2v) is 4.23. The second kappa shape index (κ2) is 5.52. The second-order valence-electron chi connectivity index (χ2n) is 4.23. The maximum absolute atomic E-state index is 10.9. The normalized spacial score (nSPS) is 10.4. The van der Waals surface area contributed by atoms with Gasteiger partial charge in [0.15, 0.2) is 0 Å². The molecule has 0 heterocycles. The highest BCUT2D eigenvalue weighted by Gasteiger charge is 2.13. The number of hydrogen-bond acceptors (Lipinski definition) is 4. The Balaban J connectivity index is 3.16. The van der Waals surface area contributed by atoms with E-state index in [0.29, 0.717) is 6.04 Å². The van der Waals surface area contributed by atoms with Crippen LogP contribution in [0, 0.1) is 10.1 Å². The van der Waals surface area contributed by atoms with Gasteiger partial charge in [-0.15, -0.1) is 0 Å². The van der Waals surface area contributed by atoms with Gasteiger partial charge in [0.05, 0.1) is 4.92 Å². The van der Waals surface area contributed by atoms with E-state index in [1.165, 1.54) is 0 Å². The molecule has 0 unspecified atom stereocenters. The zero-order chi connectivity index (χ0) is 13.0. The first kappa shape index (κ1) is 13.3. The summed E-state index contributed by atoms with van der Waals surface area (Å²) in [7, 11) is 1.93. The zero-order valence-electron chi connectivity index (χ0n) is 10.7. The molecule has 0 aliphatic rings. The van der Waals surface area contributed by atoms with Crippen LogP contribution in [0.4, 0.5) is 17.1 Å². The number of nitro groups is 1. The third-order valence-electron chi connectivity index (χ3n) is 2.68. The Morgan fingerprint density at radius 1 is 1.41 bits per heavy atom. The highest BCUT2D eigenvalue weighted by atomic mass is 16.6. The first-order valence-corrected chi connectivity index (χ1v) is 5.72. The van der Waals surface area contributed by atoms with Crippen LogP contribution < -0.4 is 10.2 Å². The van der Waals surface area contributed by atoms with E-state index in [4.69, 9.17) is 0 Å². The summed E-state index contributed by atoms with van der Waals surface area (Å²) in [6, 6.07) is 5.38. The fraction of sp³-hybridized carbons (Fsp3) is 0.500.